The maximum Gasteiger partial charge on any atom is 0.261 e. The number of benzene rings is 3. The predicted octanol–water partition coefficient (Wildman–Crippen LogP) is 4.50. The Morgan fingerprint density at radius 3 is 2.33 bits per heavy atom. The van der Waals surface area contributed by atoms with Gasteiger partial charge in [-0.15, -0.1) is 0 Å². The molecule has 1 unspecified atom stereocenters. The lowest BCUT2D eigenvalue weighted by Crippen LogP contribution is -2.43. The van der Waals surface area contributed by atoms with E-state index in [1.807, 2.05) is 12.1 Å². The van der Waals surface area contributed by atoms with Gasteiger partial charge in [-0.2, -0.15) is 5.10 Å². The third kappa shape index (κ3) is 7.05. The number of hydrogen-bond donors (Lipinski definition) is 2. The van der Waals surface area contributed by atoms with E-state index < -0.39 is 27.3 Å². The molecule has 0 saturated carbocycles. The summed E-state index contributed by atoms with van der Waals surface area (Å²) in [6, 6.07) is 16.7. The molecule has 4 aromatic rings. The first-order chi connectivity index (χ1) is 18.4. The number of aliphatic hydroxyl groups is 1. The molecule has 1 heterocycles. The fraction of sp³-hybridized carbons (Fsp3) is 0.286. The van der Waals surface area contributed by atoms with Gasteiger partial charge in [0, 0.05) is 30.4 Å². The first-order valence-electron chi connectivity index (χ1n) is 12.4. The summed E-state index contributed by atoms with van der Waals surface area (Å²) < 4.78 is 58.0. The Morgan fingerprint density at radius 1 is 1.05 bits per heavy atom. The maximum absolute atomic E-state index is 14.7. The smallest absolute Gasteiger partial charge is 0.261 e. The van der Waals surface area contributed by atoms with E-state index in [0.717, 1.165) is 23.3 Å². The summed E-state index contributed by atoms with van der Waals surface area (Å²) in [5.74, 6) is -1.27. The number of halogens is 2. The van der Waals surface area contributed by atoms with E-state index in [9.17, 15) is 22.3 Å². The van der Waals surface area contributed by atoms with E-state index in [4.69, 9.17) is 0 Å². The van der Waals surface area contributed by atoms with Crippen molar-refractivity contribution in [2.45, 2.75) is 43.4 Å². The normalized spacial score (nSPS) is 13.5. The van der Waals surface area contributed by atoms with Crippen LogP contribution >= 0.6 is 0 Å². The van der Waals surface area contributed by atoms with Crippen LogP contribution in [0.25, 0.3) is 0 Å². The zero-order valence-electron chi connectivity index (χ0n) is 21.9. The number of rotatable bonds is 11. The molecule has 1 atom stereocenters. The molecule has 4 rings (SSSR count). The second-order valence-corrected chi connectivity index (χ2v) is 11.6. The van der Waals surface area contributed by atoms with Crippen LogP contribution < -0.4 is 4.72 Å². The first kappa shape index (κ1) is 28.3. The molecule has 8 nitrogen and oxygen atoms in total. The maximum atomic E-state index is 14.7. The Labute approximate surface area is 227 Å². The van der Waals surface area contributed by atoms with E-state index in [0.29, 0.717) is 18.2 Å². The van der Waals surface area contributed by atoms with Gasteiger partial charge >= 0.3 is 0 Å². The Hall–Kier alpha value is -3.67. The van der Waals surface area contributed by atoms with E-state index in [1.54, 1.807) is 36.2 Å². The zero-order valence-corrected chi connectivity index (χ0v) is 22.7. The summed E-state index contributed by atoms with van der Waals surface area (Å²) in [5, 5.41) is 15.5. The van der Waals surface area contributed by atoms with Crippen molar-refractivity contribution in [3.63, 3.8) is 0 Å². The van der Waals surface area contributed by atoms with E-state index in [1.165, 1.54) is 35.5 Å². The summed E-state index contributed by atoms with van der Waals surface area (Å²) in [5.41, 5.74) is 0.545. The van der Waals surface area contributed by atoms with Crippen LogP contribution in [0.4, 0.5) is 14.5 Å². The lowest BCUT2D eigenvalue weighted by Gasteiger charge is -2.33. The molecule has 0 saturated heterocycles. The molecule has 11 heteroatoms. The van der Waals surface area contributed by atoms with Gasteiger partial charge in [-0.1, -0.05) is 44.2 Å². The first-order valence-corrected chi connectivity index (χ1v) is 13.8. The summed E-state index contributed by atoms with van der Waals surface area (Å²) in [6.45, 7) is 4.32. The third-order valence-electron chi connectivity index (χ3n) is 6.37. The van der Waals surface area contributed by atoms with Crippen molar-refractivity contribution >= 4 is 15.7 Å². The SMILES string of the molecule is CC(C)c1ccc(NS(=O)(=O)c2ccc(CN(C)CC(O)(Cn3cncn3)c3ccc(F)cc3F)cc2)cc1. The molecule has 0 fully saturated rings. The van der Waals surface area contributed by atoms with Crippen LogP contribution in [0.2, 0.25) is 0 Å². The standard InChI is InChI=1S/C28H31F2N5O3S/c1-20(2)22-6-9-24(10-7-22)33-39(37,38)25-11-4-21(5-12-25)15-34(3)16-28(36,17-35-19-31-18-32-35)26-13-8-23(29)14-27(26)30/h4-14,18-20,33,36H,15-17H2,1-3H3. The van der Waals surface area contributed by atoms with Crippen molar-refractivity contribution < 1.29 is 22.3 Å². The summed E-state index contributed by atoms with van der Waals surface area (Å²) in [6.07, 6.45) is 2.70. The Balaban J connectivity index is 1.47. The van der Waals surface area contributed by atoms with Crippen LogP contribution in [0.15, 0.2) is 84.3 Å². The molecule has 0 radical (unpaired) electrons. The molecular weight excluding hydrogens is 524 g/mol. The molecule has 206 valence electrons. The zero-order chi connectivity index (χ0) is 28.2. The Bertz CT molecular complexity index is 1500. The minimum Gasteiger partial charge on any atom is -0.382 e. The van der Waals surface area contributed by atoms with Crippen LogP contribution in [0.3, 0.4) is 0 Å². The number of hydrogen-bond acceptors (Lipinski definition) is 6. The van der Waals surface area contributed by atoms with Gasteiger partial charge in [0.2, 0.25) is 0 Å². The van der Waals surface area contributed by atoms with Gasteiger partial charge in [-0.3, -0.25) is 9.62 Å². The van der Waals surface area contributed by atoms with Crippen LogP contribution in [-0.2, 0) is 28.7 Å². The van der Waals surface area contributed by atoms with Crippen molar-refractivity contribution in [2.75, 3.05) is 18.3 Å². The minimum absolute atomic E-state index is 0.0244. The van der Waals surface area contributed by atoms with Crippen molar-refractivity contribution in [1.82, 2.24) is 19.7 Å². The van der Waals surface area contributed by atoms with Gasteiger partial charge in [0.1, 0.15) is 29.9 Å². The molecule has 0 aliphatic rings. The van der Waals surface area contributed by atoms with E-state index >= 15 is 0 Å². The molecular formula is C28H31F2N5O3S. The third-order valence-corrected chi connectivity index (χ3v) is 7.77. The monoisotopic (exact) mass is 555 g/mol. The average molecular weight is 556 g/mol. The molecule has 0 bridgehead atoms. The van der Waals surface area contributed by atoms with Gasteiger partial charge < -0.3 is 5.11 Å². The fourth-order valence-corrected chi connectivity index (χ4v) is 5.47. The summed E-state index contributed by atoms with van der Waals surface area (Å²) in [7, 11) is -2.05. The Kier molecular flexibility index (Phi) is 8.43. The molecule has 1 aromatic heterocycles. The molecule has 3 aromatic carbocycles. The topological polar surface area (TPSA) is 100 Å². The largest absolute Gasteiger partial charge is 0.382 e. The summed E-state index contributed by atoms with van der Waals surface area (Å²) >= 11 is 0. The van der Waals surface area contributed by atoms with Crippen LogP contribution in [0, 0.1) is 11.6 Å². The average Bonchev–Trinajstić information content (AvgIpc) is 3.36. The Morgan fingerprint density at radius 2 is 1.74 bits per heavy atom. The second-order valence-electron chi connectivity index (χ2n) is 9.95. The minimum atomic E-state index is -3.79. The molecule has 0 amide bonds. The predicted molar refractivity (Wildman–Crippen MR) is 144 cm³/mol. The molecule has 0 aliphatic carbocycles. The van der Waals surface area contributed by atoms with Gasteiger partial charge in [-0.05, 0) is 54.4 Å². The number of sulfonamides is 1. The quantitative estimate of drug-likeness (QED) is 0.283. The highest BCUT2D eigenvalue weighted by atomic mass is 32.2. The number of anilines is 1. The van der Waals surface area contributed by atoms with Crippen LogP contribution in [0.5, 0.6) is 0 Å². The van der Waals surface area contributed by atoms with Crippen LogP contribution in [0.1, 0.15) is 36.5 Å². The molecule has 0 spiro atoms. The van der Waals surface area contributed by atoms with Crippen molar-refractivity contribution in [3.05, 3.63) is 108 Å². The van der Waals surface area contributed by atoms with Crippen molar-refractivity contribution in [3.8, 4) is 0 Å². The van der Waals surface area contributed by atoms with E-state index in [2.05, 4.69) is 28.7 Å². The van der Waals surface area contributed by atoms with Gasteiger partial charge in [0.15, 0.2) is 0 Å². The lowest BCUT2D eigenvalue weighted by molar-refractivity contribution is -0.0175. The fourth-order valence-electron chi connectivity index (χ4n) is 4.41. The summed E-state index contributed by atoms with van der Waals surface area (Å²) in [4.78, 5) is 5.74. The molecule has 0 aliphatic heterocycles. The highest BCUT2D eigenvalue weighted by molar-refractivity contribution is 7.92. The van der Waals surface area contributed by atoms with Crippen LogP contribution in [-0.4, -0.2) is 46.8 Å². The molecule has 2 N–H and O–H groups in total. The number of aromatic nitrogens is 3. The lowest BCUT2D eigenvalue weighted by atomic mass is 9.92. The number of nitrogens with one attached hydrogen (secondary N) is 1. The second kappa shape index (κ2) is 11.6. The van der Waals surface area contributed by atoms with Gasteiger partial charge in [-0.25, -0.2) is 26.9 Å². The highest BCUT2D eigenvalue weighted by Crippen LogP contribution is 2.28. The van der Waals surface area contributed by atoms with Gasteiger partial charge in [0.05, 0.1) is 11.4 Å². The van der Waals surface area contributed by atoms with Crippen molar-refractivity contribution in [2.24, 2.45) is 0 Å². The van der Waals surface area contributed by atoms with E-state index in [-0.39, 0.29) is 23.5 Å². The number of likely N-dealkylation sites (N-methyl/N-ethyl adjacent to an activating group) is 1. The molecule has 39 heavy (non-hydrogen) atoms. The number of nitrogens with zero attached hydrogens (tertiary/aromatic N) is 4. The van der Waals surface area contributed by atoms with Crippen molar-refractivity contribution in [1.29, 1.82) is 0 Å². The van der Waals surface area contributed by atoms with Gasteiger partial charge in [0.25, 0.3) is 10.0 Å². The highest BCUT2D eigenvalue weighted by Gasteiger charge is 2.35.